The molecule has 4 aromatic rings. The van der Waals surface area contributed by atoms with Gasteiger partial charge in [0.1, 0.15) is 10.6 Å². The van der Waals surface area contributed by atoms with Crippen molar-refractivity contribution in [1.82, 2.24) is 4.98 Å². The number of anilines is 2. The van der Waals surface area contributed by atoms with E-state index in [1.54, 1.807) is 31.2 Å². The number of benzene rings is 2. The maximum atomic E-state index is 13.0. The highest BCUT2D eigenvalue weighted by atomic mass is 32.1. The smallest absolute Gasteiger partial charge is 0.267 e. The number of carbonyl (C=O) groups is 2. The van der Waals surface area contributed by atoms with Crippen LogP contribution in [-0.4, -0.2) is 23.3 Å². The molecule has 0 aliphatic carbocycles. The summed E-state index contributed by atoms with van der Waals surface area (Å²) in [4.78, 5) is 32.6. The summed E-state index contributed by atoms with van der Waals surface area (Å²) >= 11 is 1.29. The maximum absolute atomic E-state index is 13.0. The number of rotatable bonds is 4. The Morgan fingerprint density at radius 1 is 1.03 bits per heavy atom. The summed E-state index contributed by atoms with van der Waals surface area (Å²) in [5.41, 5.74) is 4.02. The minimum atomic E-state index is -0.234. The molecule has 2 aromatic carbocycles. The van der Waals surface area contributed by atoms with Crippen molar-refractivity contribution in [3.05, 3.63) is 88.1 Å². The van der Waals surface area contributed by atoms with Gasteiger partial charge in [0.05, 0.1) is 5.69 Å². The summed E-state index contributed by atoms with van der Waals surface area (Å²) < 4.78 is 5.62. The van der Waals surface area contributed by atoms with Crippen LogP contribution < -0.4 is 10.2 Å². The normalized spacial score (nSPS) is 12.6. The molecule has 1 aliphatic rings. The van der Waals surface area contributed by atoms with Gasteiger partial charge < -0.3 is 14.6 Å². The van der Waals surface area contributed by atoms with Crippen molar-refractivity contribution in [2.24, 2.45) is 0 Å². The molecule has 160 valence electrons. The molecule has 2 amide bonds. The van der Waals surface area contributed by atoms with Crippen LogP contribution in [0, 0.1) is 13.8 Å². The average Bonchev–Trinajstić information content (AvgIpc) is 3.52. The lowest BCUT2D eigenvalue weighted by Crippen LogP contribution is -2.28. The molecule has 3 heterocycles. The minimum Gasteiger partial charge on any atom is -0.459 e. The Hall–Kier alpha value is -3.71. The van der Waals surface area contributed by atoms with E-state index in [0.29, 0.717) is 39.1 Å². The van der Waals surface area contributed by atoms with E-state index in [2.05, 4.69) is 16.4 Å². The number of nitrogens with one attached hydrogen (secondary N) is 1. The van der Waals surface area contributed by atoms with Crippen molar-refractivity contribution in [3.63, 3.8) is 0 Å². The number of amides is 2. The molecule has 0 saturated carbocycles. The van der Waals surface area contributed by atoms with Crippen molar-refractivity contribution in [2.45, 2.75) is 20.3 Å². The zero-order valence-electron chi connectivity index (χ0n) is 17.7. The zero-order valence-corrected chi connectivity index (χ0v) is 18.5. The quantitative estimate of drug-likeness (QED) is 0.453. The maximum Gasteiger partial charge on any atom is 0.267 e. The lowest BCUT2D eigenvalue weighted by Gasteiger charge is -2.17. The summed E-state index contributed by atoms with van der Waals surface area (Å²) in [7, 11) is 0. The van der Waals surface area contributed by atoms with Crippen LogP contribution >= 0.6 is 11.3 Å². The topological polar surface area (TPSA) is 75.4 Å². The van der Waals surface area contributed by atoms with E-state index in [0.717, 1.165) is 17.9 Å². The number of furan rings is 1. The third-order valence-corrected chi connectivity index (χ3v) is 6.65. The molecule has 2 aromatic heterocycles. The molecule has 1 N–H and O–H groups in total. The standard InChI is InChI=1S/C25H21N3O3S/c1-15-7-12-21(31-15)24-26-16(2)22(32-24)23(29)27-19-10-8-18(9-11-19)25(30)28-14-13-17-5-3-4-6-20(17)28/h3-12H,13-14H2,1-2H3,(H,27,29). The summed E-state index contributed by atoms with van der Waals surface area (Å²) in [6.45, 7) is 4.35. The molecule has 0 unspecified atom stereocenters. The molecule has 0 spiro atoms. The van der Waals surface area contributed by atoms with Gasteiger partial charge in [-0.15, -0.1) is 11.3 Å². The van der Waals surface area contributed by atoms with Crippen LogP contribution in [0.15, 0.2) is 65.1 Å². The zero-order chi connectivity index (χ0) is 22.2. The summed E-state index contributed by atoms with van der Waals surface area (Å²) in [6, 6.07) is 18.7. The van der Waals surface area contributed by atoms with Gasteiger partial charge in [0, 0.05) is 23.5 Å². The van der Waals surface area contributed by atoms with Gasteiger partial charge in [0.2, 0.25) is 0 Å². The minimum absolute atomic E-state index is 0.0375. The highest BCUT2D eigenvalue weighted by Crippen LogP contribution is 2.31. The van der Waals surface area contributed by atoms with Gasteiger partial charge in [-0.25, -0.2) is 4.98 Å². The van der Waals surface area contributed by atoms with Gasteiger partial charge >= 0.3 is 0 Å². The summed E-state index contributed by atoms with van der Waals surface area (Å²) in [5, 5.41) is 3.57. The van der Waals surface area contributed by atoms with E-state index in [1.807, 2.05) is 42.2 Å². The number of carbonyl (C=O) groups excluding carboxylic acids is 2. The van der Waals surface area contributed by atoms with Crippen LogP contribution in [0.3, 0.4) is 0 Å². The highest BCUT2D eigenvalue weighted by molar-refractivity contribution is 7.17. The Labute approximate surface area is 189 Å². The number of hydrogen-bond donors (Lipinski definition) is 1. The summed E-state index contributed by atoms with van der Waals surface area (Å²) in [6.07, 6.45) is 0.865. The third-order valence-electron chi connectivity index (χ3n) is 5.48. The first kappa shape index (κ1) is 20.2. The molecule has 1 aliphatic heterocycles. The molecule has 0 radical (unpaired) electrons. The van der Waals surface area contributed by atoms with Crippen LogP contribution in [0.4, 0.5) is 11.4 Å². The average molecular weight is 444 g/mol. The number of thiazole rings is 1. The first-order valence-corrected chi connectivity index (χ1v) is 11.2. The molecule has 0 bridgehead atoms. The fourth-order valence-electron chi connectivity index (χ4n) is 3.85. The van der Waals surface area contributed by atoms with Gasteiger partial charge in [-0.3, -0.25) is 9.59 Å². The molecule has 0 saturated heterocycles. The lowest BCUT2D eigenvalue weighted by molar-refractivity contribution is 0.0988. The van der Waals surface area contributed by atoms with Crippen LogP contribution in [0.2, 0.25) is 0 Å². The fraction of sp³-hybridized carbons (Fsp3) is 0.160. The van der Waals surface area contributed by atoms with E-state index in [-0.39, 0.29) is 11.8 Å². The Kier molecular flexibility index (Phi) is 5.11. The lowest BCUT2D eigenvalue weighted by atomic mass is 10.1. The predicted molar refractivity (Wildman–Crippen MR) is 126 cm³/mol. The Morgan fingerprint density at radius 3 is 2.56 bits per heavy atom. The monoisotopic (exact) mass is 443 g/mol. The SMILES string of the molecule is Cc1ccc(-c2nc(C)c(C(=O)Nc3ccc(C(=O)N4CCc5ccccc54)cc3)s2)o1. The number of hydrogen-bond acceptors (Lipinski definition) is 5. The van der Waals surface area contributed by atoms with E-state index in [9.17, 15) is 9.59 Å². The van der Waals surface area contributed by atoms with Crippen molar-refractivity contribution in [3.8, 4) is 10.8 Å². The van der Waals surface area contributed by atoms with E-state index < -0.39 is 0 Å². The first-order valence-electron chi connectivity index (χ1n) is 10.3. The largest absolute Gasteiger partial charge is 0.459 e. The predicted octanol–water partition coefficient (Wildman–Crippen LogP) is 5.48. The van der Waals surface area contributed by atoms with Gasteiger partial charge in [0.15, 0.2) is 10.8 Å². The second kappa shape index (κ2) is 8.09. The number of aromatic nitrogens is 1. The summed E-state index contributed by atoms with van der Waals surface area (Å²) in [5.74, 6) is 1.18. The highest BCUT2D eigenvalue weighted by Gasteiger charge is 2.25. The van der Waals surface area contributed by atoms with Crippen molar-refractivity contribution >= 4 is 34.5 Å². The molecule has 5 rings (SSSR count). The third kappa shape index (κ3) is 3.71. The number of nitrogens with zero attached hydrogens (tertiary/aromatic N) is 2. The van der Waals surface area contributed by atoms with E-state index in [1.165, 1.54) is 16.9 Å². The van der Waals surface area contributed by atoms with Gasteiger partial charge in [-0.05, 0) is 68.3 Å². The van der Waals surface area contributed by atoms with Crippen molar-refractivity contribution in [2.75, 3.05) is 16.8 Å². The fourth-order valence-corrected chi connectivity index (χ4v) is 4.77. The number of aryl methyl sites for hydroxylation is 2. The molecular weight excluding hydrogens is 422 g/mol. The van der Waals surface area contributed by atoms with Crippen LogP contribution in [0.5, 0.6) is 0 Å². The second-order valence-corrected chi connectivity index (χ2v) is 8.71. The molecule has 6 nitrogen and oxygen atoms in total. The van der Waals surface area contributed by atoms with Crippen LogP contribution in [0.1, 0.15) is 37.0 Å². The second-order valence-electron chi connectivity index (χ2n) is 7.71. The molecule has 7 heteroatoms. The Bertz CT molecular complexity index is 1320. The van der Waals surface area contributed by atoms with Crippen molar-refractivity contribution < 1.29 is 14.0 Å². The molecule has 32 heavy (non-hydrogen) atoms. The number of para-hydroxylation sites is 1. The van der Waals surface area contributed by atoms with E-state index in [4.69, 9.17) is 4.42 Å². The molecule has 0 fully saturated rings. The number of fused-ring (bicyclic) bond motifs is 1. The van der Waals surface area contributed by atoms with E-state index >= 15 is 0 Å². The van der Waals surface area contributed by atoms with Gasteiger partial charge in [0.25, 0.3) is 11.8 Å². The first-order chi connectivity index (χ1) is 15.5. The Morgan fingerprint density at radius 2 is 1.81 bits per heavy atom. The van der Waals surface area contributed by atoms with Crippen LogP contribution in [0.25, 0.3) is 10.8 Å². The molecule has 0 atom stereocenters. The Balaban J connectivity index is 1.30. The van der Waals surface area contributed by atoms with Crippen molar-refractivity contribution in [1.29, 1.82) is 0 Å². The molecular formula is C25H21N3O3S. The van der Waals surface area contributed by atoms with Gasteiger partial charge in [-0.2, -0.15) is 0 Å². The van der Waals surface area contributed by atoms with Crippen LogP contribution in [-0.2, 0) is 6.42 Å². The van der Waals surface area contributed by atoms with Gasteiger partial charge in [-0.1, -0.05) is 18.2 Å².